The second kappa shape index (κ2) is 16.3. The van der Waals surface area contributed by atoms with Gasteiger partial charge in [0.1, 0.15) is 10.1 Å². The summed E-state index contributed by atoms with van der Waals surface area (Å²) in [5, 5.41) is 14.0. The van der Waals surface area contributed by atoms with Crippen LogP contribution < -0.4 is 75.2 Å². The monoisotopic (exact) mass is 820 g/mol. The molecule has 0 atom stereocenters. The van der Waals surface area contributed by atoms with E-state index in [9.17, 15) is 37.4 Å². The van der Waals surface area contributed by atoms with E-state index in [4.69, 9.17) is 23.2 Å². The number of hydrogen-bond acceptors (Lipinski definition) is 11. The van der Waals surface area contributed by atoms with Crippen molar-refractivity contribution in [3.63, 3.8) is 0 Å². The quantitative estimate of drug-likeness (QED) is 0.0554. The number of aromatic nitrogens is 2. The molecular formula is C36H20Cl2N2Na2O10S2. The Bertz CT molecular complexity index is 2970. The van der Waals surface area contributed by atoms with Crippen LogP contribution in [0, 0.1) is 13.8 Å². The van der Waals surface area contributed by atoms with Crippen molar-refractivity contribution in [2.75, 3.05) is 0 Å². The maximum atomic E-state index is 14.6. The van der Waals surface area contributed by atoms with E-state index in [0.717, 1.165) is 22.8 Å². The average molecular weight is 822 g/mol. The number of carbonyl (C=O) groups excluding carboxylic acids is 2. The van der Waals surface area contributed by atoms with Crippen molar-refractivity contribution >= 4 is 101 Å². The SMILES string of the molecule is Cc1ccc2c(c1)c(=O)c1cc3c(cc1n2C(=O)c1cc(Cl)ccc1S(=O)(=O)[O-])c(=O)c1cc(C)ccc1n3C(=O)c1c(Cl)cccc1SOO[O-].[Na+].[Na+]. The van der Waals surface area contributed by atoms with Crippen molar-refractivity contribution in [3.8, 4) is 0 Å². The smallest absolute Gasteiger partial charge is 0.744 e. The van der Waals surface area contributed by atoms with Crippen LogP contribution in [0.2, 0.25) is 10.0 Å². The number of pyridine rings is 2. The molecule has 0 aliphatic heterocycles. The number of hydrogen-bond donors (Lipinski definition) is 0. The van der Waals surface area contributed by atoms with Gasteiger partial charge in [-0.1, -0.05) is 52.5 Å². The van der Waals surface area contributed by atoms with Crippen LogP contribution in [-0.4, -0.2) is 33.9 Å². The van der Waals surface area contributed by atoms with Gasteiger partial charge in [0.25, 0.3) is 11.8 Å². The van der Waals surface area contributed by atoms with Gasteiger partial charge in [0, 0.05) is 26.6 Å². The molecule has 2 aromatic heterocycles. The number of halogens is 2. The molecular weight excluding hydrogens is 801 g/mol. The second-order valence-corrected chi connectivity index (χ2v) is 14.7. The van der Waals surface area contributed by atoms with Crippen molar-refractivity contribution in [1.82, 2.24) is 9.13 Å². The molecule has 0 radical (unpaired) electrons. The van der Waals surface area contributed by atoms with Gasteiger partial charge < -0.3 is 9.81 Å². The molecule has 0 N–H and O–H groups in total. The number of nitrogens with zero attached hydrogens (tertiary/aromatic N) is 2. The minimum Gasteiger partial charge on any atom is -0.744 e. The molecule has 54 heavy (non-hydrogen) atoms. The molecule has 0 aliphatic rings. The second-order valence-electron chi connectivity index (χ2n) is 11.8. The summed E-state index contributed by atoms with van der Waals surface area (Å²) in [6, 6.07) is 19.5. The van der Waals surface area contributed by atoms with E-state index in [1.807, 2.05) is 0 Å². The van der Waals surface area contributed by atoms with Crippen LogP contribution >= 0.6 is 35.2 Å². The van der Waals surface area contributed by atoms with E-state index in [-0.39, 0.29) is 123 Å². The molecule has 262 valence electrons. The van der Waals surface area contributed by atoms with E-state index in [2.05, 4.69) is 9.37 Å². The van der Waals surface area contributed by atoms with Crippen molar-refractivity contribution in [3.05, 3.63) is 138 Å². The van der Waals surface area contributed by atoms with Gasteiger partial charge in [0.15, 0.2) is 10.9 Å². The predicted octanol–water partition coefficient (Wildman–Crippen LogP) is 0.0661. The first-order chi connectivity index (χ1) is 24.7. The Balaban J connectivity index is 0.00000280. The zero-order valence-electron chi connectivity index (χ0n) is 28.6. The summed E-state index contributed by atoms with van der Waals surface area (Å²) in [6.07, 6.45) is 0. The molecule has 0 unspecified atom stereocenters. The standard InChI is InChI=1S/C36H22Cl2N2O10S2.2Na/c1-17-6-9-26-20(12-17)33(41)22-16-29-23(15-28(22)39(26)35(43)24-14-19(37)8-11-31(24)52(46,47)48)34(42)21-13-18(2)7-10-27(21)40(29)36(44)32-25(38)4-3-5-30(32)51-50-49-45;;/h3-16,45H,1-2H3,(H,46,47,48);;/q;2*+1/p-2. The normalized spacial score (nSPS) is 11.5. The summed E-state index contributed by atoms with van der Waals surface area (Å²) < 4.78 is 43.6. The topological polar surface area (TPSA) is 177 Å². The Morgan fingerprint density at radius 3 is 1.74 bits per heavy atom. The predicted molar refractivity (Wildman–Crippen MR) is 193 cm³/mol. The van der Waals surface area contributed by atoms with Gasteiger partial charge in [0.2, 0.25) is 0 Å². The summed E-state index contributed by atoms with van der Waals surface area (Å²) in [5.41, 5.74) is -0.442. The molecule has 0 saturated carbocycles. The van der Waals surface area contributed by atoms with Gasteiger partial charge in [-0.15, -0.1) is 0 Å². The maximum Gasteiger partial charge on any atom is 1.00 e. The van der Waals surface area contributed by atoms with Gasteiger partial charge in [-0.2, -0.15) is 4.33 Å². The third-order valence-corrected chi connectivity index (χ3v) is 10.6. The van der Waals surface area contributed by atoms with Crippen LogP contribution in [0.4, 0.5) is 0 Å². The first kappa shape index (κ1) is 42.2. The van der Waals surface area contributed by atoms with E-state index >= 15 is 0 Å². The third-order valence-electron chi connectivity index (χ3n) is 8.55. The van der Waals surface area contributed by atoms with Crippen LogP contribution in [-0.2, 0) is 19.5 Å². The number of fused-ring (bicyclic) bond motifs is 4. The fourth-order valence-electron chi connectivity index (χ4n) is 6.30. The van der Waals surface area contributed by atoms with Crippen molar-refractivity contribution < 1.29 is 96.3 Å². The minimum absolute atomic E-state index is 0. The summed E-state index contributed by atoms with van der Waals surface area (Å²) in [6.45, 7) is 3.47. The zero-order valence-corrected chi connectivity index (χ0v) is 35.8. The molecule has 12 nitrogen and oxygen atoms in total. The molecule has 0 spiro atoms. The van der Waals surface area contributed by atoms with E-state index in [0.29, 0.717) is 23.2 Å². The molecule has 2 heterocycles. The summed E-state index contributed by atoms with van der Waals surface area (Å²) in [5.74, 6) is -1.79. The summed E-state index contributed by atoms with van der Waals surface area (Å²) in [7, 11) is -5.19. The number of rotatable bonds is 6. The molecule has 5 aromatic carbocycles. The van der Waals surface area contributed by atoms with Gasteiger partial charge in [-0.05, 0) is 80.6 Å². The van der Waals surface area contributed by atoms with Crippen molar-refractivity contribution in [2.45, 2.75) is 23.6 Å². The van der Waals surface area contributed by atoms with Crippen LogP contribution in [0.3, 0.4) is 0 Å². The average Bonchev–Trinajstić information content (AvgIpc) is 3.10. The summed E-state index contributed by atoms with van der Waals surface area (Å²) in [4.78, 5) is 57.0. The Labute approximate surface area is 364 Å². The minimum atomic E-state index is -5.19. The van der Waals surface area contributed by atoms with Gasteiger partial charge in [-0.3, -0.25) is 33.4 Å². The first-order valence-electron chi connectivity index (χ1n) is 15.1. The molecule has 7 aromatic rings. The Kier molecular flexibility index (Phi) is 12.7. The Morgan fingerprint density at radius 2 is 1.22 bits per heavy atom. The van der Waals surface area contributed by atoms with E-state index in [1.165, 1.54) is 47.0 Å². The fraction of sp³-hybridized carbons (Fsp3) is 0.0556. The molecule has 0 amide bonds. The van der Waals surface area contributed by atoms with Crippen LogP contribution in [0.15, 0.2) is 104 Å². The van der Waals surface area contributed by atoms with Crippen molar-refractivity contribution in [2.24, 2.45) is 0 Å². The molecule has 7 rings (SSSR count). The first-order valence-corrected chi connectivity index (χ1v) is 18.0. The fourth-order valence-corrected chi connectivity index (χ4v) is 7.95. The Morgan fingerprint density at radius 1 is 0.704 bits per heavy atom. The van der Waals surface area contributed by atoms with E-state index in [1.54, 1.807) is 38.1 Å². The number of benzene rings is 5. The van der Waals surface area contributed by atoms with Crippen LogP contribution in [0.5, 0.6) is 0 Å². The number of aryl methyl sites for hydroxylation is 2. The molecule has 0 bridgehead atoms. The van der Waals surface area contributed by atoms with Crippen LogP contribution in [0.25, 0.3) is 43.6 Å². The molecule has 18 heteroatoms. The number of carbonyl (C=O) groups is 2. The molecule has 0 saturated heterocycles. The molecule has 0 aliphatic carbocycles. The molecule has 0 fully saturated rings. The Hall–Kier alpha value is -2.90. The maximum absolute atomic E-state index is 14.6. The van der Waals surface area contributed by atoms with Gasteiger partial charge in [0.05, 0.1) is 60.1 Å². The van der Waals surface area contributed by atoms with E-state index < -0.39 is 43.2 Å². The van der Waals surface area contributed by atoms with Gasteiger partial charge in [-0.25, -0.2) is 8.42 Å². The third kappa shape index (κ3) is 7.38. The van der Waals surface area contributed by atoms with Crippen molar-refractivity contribution in [1.29, 1.82) is 0 Å². The van der Waals surface area contributed by atoms with Gasteiger partial charge >= 0.3 is 59.1 Å². The largest absolute Gasteiger partial charge is 1.00 e. The zero-order chi connectivity index (χ0) is 37.2. The summed E-state index contributed by atoms with van der Waals surface area (Å²) >= 11 is 13.1. The van der Waals surface area contributed by atoms with Crippen LogP contribution in [0.1, 0.15) is 31.8 Å².